The maximum absolute atomic E-state index is 12.8. The van der Waals surface area contributed by atoms with E-state index in [1.54, 1.807) is 20.8 Å². The van der Waals surface area contributed by atoms with Gasteiger partial charge in [0.25, 0.3) is 0 Å². The molecule has 3 atom stereocenters. The Balaban J connectivity index is 2.00. The van der Waals surface area contributed by atoms with Crippen LogP contribution in [0.1, 0.15) is 32.8 Å². The average molecular weight is 397 g/mol. The van der Waals surface area contributed by atoms with E-state index in [0.717, 1.165) is 11.3 Å². The molecule has 130 valence electrons. The van der Waals surface area contributed by atoms with E-state index < -0.39 is 34.2 Å². The van der Waals surface area contributed by atoms with Crippen molar-refractivity contribution in [1.82, 2.24) is 4.90 Å². The second-order valence-electron chi connectivity index (χ2n) is 7.09. The predicted molar refractivity (Wildman–Crippen MR) is 93.0 cm³/mol. The van der Waals surface area contributed by atoms with Crippen LogP contribution in [0.3, 0.4) is 0 Å². The number of carbonyl (C=O) groups excluding carboxylic acids is 2. The summed E-state index contributed by atoms with van der Waals surface area (Å²) in [6.45, 7) is 5.39. The van der Waals surface area contributed by atoms with Gasteiger partial charge in [-0.1, -0.05) is 34.1 Å². The average Bonchev–Trinajstić information content (AvgIpc) is 2.93. The molecule has 3 rings (SSSR count). The number of hydrogen-bond acceptors (Lipinski definition) is 5. The van der Waals surface area contributed by atoms with Gasteiger partial charge >= 0.3 is 12.1 Å². The van der Waals surface area contributed by atoms with Gasteiger partial charge in [-0.05, 0) is 32.4 Å². The summed E-state index contributed by atoms with van der Waals surface area (Å²) in [4.78, 5) is 26.5. The number of nitrogens with one attached hydrogen (secondary N) is 1. The summed E-state index contributed by atoms with van der Waals surface area (Å²) in [5.41, 5.74) is 1.31. The van der Waals surface area contributed by atoms with Crippen molar-refractivity contribution >= 4 is 33.7 Å². The maximum atomic E-state index is 12.8. The topological polar surface area (TPSA) is 67.9 Å². The van der Waals surface area contributed by atoms with E-state index in [-0.39, 0.29) is 0 Å². The standard InChI is InChI=1S/C17H21BrN2O4/c1-16(2,3)24-15(22)20-12(13(21)23-4)9-17(18)10-7-5-6-8-11(10)19-14(17)20/h5-8,12,14,19H,9H2,1-4H3/t12-,14?,17?/m0/s1. The smallest absolute Gasteiger partial charge is 0.412 e. The molecule has 6 nitrogen and oxygen atoms in total. The van der Waals surface area contributed by atoms with E-state index in [1.165, 1.54) is 12.0 Å². The lowest BCUT2D eigenvalue weighted by Crippen LogP contribution is -2.50. The van der Waals surface area contributed by atoms with Crippen LogP contribution in [0.25, 0.3) is 0 Å². The predicted octanol–water partition coefficient (Wildman–Crippen LogP) is 3.21. The molecule has 0 saturated carbocycles. The molecule has 2 heterocycles. The second kappa shape index (κ2) is 5.65. The lowest BCUT2D eigenvalue weighted by atomic mass is 9.96. The Morgan fingerprint density at radius 3 is 2.62 bits per heavy atom. The first-order chi connectivity index (χ1) is 11.2. The third-order valence-electron chi connectivity index (χ3n) is 4.28. The number of hydrogen-bond donors (Lipinski definition) is 1. The van der Waals surface area contributed by atoms with Crippen molar-refractivity contribution in [2.45, 2.75) is 49.3 Å². The molecule has 0 aromatic heterocycles. The first-order valence-corrected chi connectivity index (χ1v) is 8.61. The molecule has 1 fully saturated rings. The molecule has 1 aromatic carbocycles. The van der Waals surface area contributed by atoms with Crippen molar-refractivity contribution < 1.29 is 19.1 Å². The molecule has 1 N–H and O–H groups in total. The minimum absolute atomic E-state index is 0.410. The number of ether oxygens (including phenoxy) is 2. The van der Waals surface area contributed by atoms with E-state index in [4.69, 9.17) is 9.47 Å². The van der Waals surface area contributed by atoms with E-state index in [2.05, 4.69) is 21.2 Å². The monoisotopic (exact) mass is 396 g/mol. The number of anilines is 1. The number of halogens is 1. The third kappa shape index (κ3) is 2.64. The lowest BCUT2D eigenvalue weighted by Gasteiger charge is -2.32. The van der Waals surface area contributed by atoms with Gasteiger partial charge in [0, 0.05) is 12.1 Å². The molecule has 2 aliphatic rings. The van der Waals surface area contributed by atoms with Gasteiger partial charge in [-0.15, -0.1) is 0 Å². The number of fused-ring (bicyclic) bond motifs is 3. The first kappa shape index (κ1) is 17.1. The Labute approximate surface area is 149 Å². The molecule has 1 aromatic rings. The fraction of sp³-hybridized carbons (Fsp3) is 0.529. The molecule has 0 bridgehead atoms. The van der Waals surface area contributed by atoms with E-state index in [9.17, 15) is 9.59 Å². The van der Waals surface area contributed by atoms with Gasteiger partial charge in [0.15, 0.2) is 0 Å². The van der Waals surface area contributed by atoms with Gasteiger partial charge in [0.2, 0.25) is 0 Å². The van der Waals surface area contributed by atoms with Crippen LogP contribution in [0.2, 0.25) is 0 Å². The summed E-state index contributed by atoms with van der Waals surface area (Å²) in [5, 5.41) is 3.33. The van der Waals surface area contributed by atoms with Crippen LogP contribution in [-0.4, -0.2) is 41.9 Å². The van der Waals surface area contributed by atoms with Crippen LogP contribution in [0, 0.1) is 0 Å². The fourth-order valence-electron chi connectivity index (χ4n) is 3.33. The molecule has 1 amide bonds. The largest absolute Gasteiger partial charge is 0.467 e. The Hall–Kier alpha value is -1.76. The van der Waals surface area contributed by atoms with Crippen molar-refractivity contribution in [3.05, 3.63) is 29.8 Å². The summed E-state index contributed by atoms with van der Waals surface area (Å²) in [7, 11) is 1.33. The highest BCUT2D eigenvalue weighted by molar-refractivity contribution is 9.09. The molecule has 24 heavy (non-hydrogen) atoms. The van der Waals surface area contributed by atoms with Gasteiger partial charge in [-0.3, -0.25) is 4.90 Å². The Morgan fingerprint density at radius 2 is 2.00 bits per heavy atom. The maximum Gasteiger partial charge on any atom is 0.412 e. The Morgan fingerprint density at radius 1 is 1.33 bits per heavy atom. The van der Waals surface area contributed by atoms with Crippen LogP contribution in [0.4, 0.5) is 10.5 Å². The van der Waals surface area contributed by atoms with E-state index in [0.29, 0.717) is 6.42 Å². The number of benzene rings is 1. The molecule has 0 radical (unpaired) electrons. The Bertz CT molecular complexity index is 687. The molecule has 2 unspecified atom stereocenters. The number of methoxy groups -OCH3 is 1. The summed E-state index contributed by atoms with van der Waals surface area (Å²) in [5.74, 6) is -0.451. The van der Waals surface area contributed by atoms with Crippen molar-refractivity contribution in [2.24, 2.45) is 0 Å². The first-order valence-electron chi connectivity index (χ1n) is 7.81. The number of para-hydroxylation sites is 1. The van der Waals surface area contributed by atoms with E-state index in [1.807, 2.05) is 24.3 Å². The number of alkyl halides is 1. The van der Waals surface area contributed by atoms with Crippen molar-refractivity contribution in [2.75, 3.05) is 12.4 Å². The van der Waals surface area contributed by atoms with Crippen LogP contribution in [0.5, 0.6) is 0 Å². The highest BCUT2D eigenvalue weighted by atomic mass is 79.9. The highest BCUT2D eigenvalue weighted by Gasteiger charge is 2.60. The zero-order valence-electron chi connectivity index (χ0n) is 14.1. The molecule has 7 heteroatoms. The summed E-state index contributed by atoms with van der Waals surface area (Å²) < 4.78 is 9.87. The van der Waals surface area contributed by atoms with Gasteiger partial charge < -0.3 is 14.8 Å². The van der Waals surface area contributed by atoms with Crippen LogP contribution in [-0.2, 0) is 18.6 Å². The molecular weight excluding hydrogens is 376 g/mol. The van der Waals surface area contributed by atoms with Gasteiger partial charge in [-0.25, -0.2) is 9.59 Å². The summed E-state index contributed by atoms with van der Waals surface area (Å²) >= 11 is 3.78. The molecule has 0 aliphatic carbocycles. The van der Waals surface area contributed by atoms with Crippen molar-refractivity contribution in [1.29, 1.82) is 0 Å². The van der Waals surface area contributed by atoms with Crippen LogP contribution in [0.15, 0.2) is 24.3 Å². The number of carbonyl (C=O) groups is 2. The van der Waals surface area contributed by atoms with Crippen molar-refractivity contribution in [3.8, 4) is 0 Å². The normalized spacial score (nSPS) is 28.0. The number of nitrogens with zero attached hydrogens (tertiary/aromatic N) is 1. The van der Waals surface area contributed by atoms with Gasteiger partial charge in [0.1, 0.15) is 17.8 Å². The number of esters is 1. The van der Waals surface area contributed by atoms with Gasteiger partial charge in [-0.2, -0.15) is 0 Å². The zero-order chi connectivity index (χ0) is 17.7. The van der Waals surface area contributed by atoms with Crippen molar-refractivity contribution in [3.63, 3.8) is 0 Å². The third-order valence-corrected chi connectivity index (χ3v) is 5.47. The summed E-state index contributed by atoms with van der Waals surface area (Å²) in [6.07, 6.45) is -0.550. The number of likely N-dealkylation sites (tertiary alicyclic amines) is 1. The highest BCUT2D eigenvalue weighted by Crippen LogP contribution is 2.55. The van der Waals surface area contributed by atoms with Crippen LogP contribution < -0.4 is 5.32 Å². The molecule has 0 spiro atoms. The summed E-state index contributed by atoms with van der Waals surface area (Å²) in [6, 6.07) is 7.10. The second-order valence-corrected chi connectivity index (χ2v) is 8.50. The Kier molecular flexibility index (Phi) is 4.02. The number of rotatable bonds is 1. The SMILES string of the molecule is COC(=O)[C@@H]1CC2(Br)c3ccccc3NC2N1C(=O)OC(C)(C)C. The zero-order valence-corrected chi connectivity index (χ0v) is 15.7. The minimum Gasteiger partial charge on any atom is -0.467 e. The quantitative estimate of drug-likeness (QED) is 0.582. The molecular formula is C17H21BrN2O4. The number of amides is 1. The minimum atomic E-state index is -0.713. The van der Waals surface area contributed by atoms with Crippen LogP contribution >= 0.6 is 15.9 Å². The fourth-order valence-corrected chi connectivity index (χ4v) is 4.32. The van der Waals surface area contributed by atoms with E-state index >= 15 is 0 Å². The molecule has 1 saturated heterocycles. The molecule has 2 aliphatic heterocycles. The lowest BCUT2D eigenvalue weighted by molar-refractivity contribution is -0.146. The van der Waals surface area contributed by atoms with Gasteiger partial charge in [0.05, 0.1) is 11.4 Å².